The summed E-state index contributed by atoms with van der Waals surface area (Å²) in [6.07, 6.45) is 2.32. The number of nitrogens with one attached hydrogen (secondary N) is 1. The third-order valence-corrected chi connectivity index (χ3v) is 3.23. The number of benzene rings is 1. The summed E-state index contributed by atoms with van der Waals surface area (Å²) in [5.41, 5.74) is 2.61. The van der Waals surface area contributed by atoms with Crippen molar-refractivity contribution in [3.8, 4) is 0 Å². The maximum absolute atomic E-state index is 6.11. The van der Waals surface area contributed by atoms with Crippen molar-refractivity contribution in [1.29, 1.82) is 0 Å². The Morgan fingerprint density at radius 1 is 1.17 bits per heavy atom. The van der Waals surface area contributed by atoms with Gasteiger partial charge in [0.2, 0.25) is 0 Å². The molecule has 2 nitrogen and oxygen atoms in total. The van der Waals surface area contributed by atoms with Gasteiger partial charge in [-0.05, 0) is 50.1 Å². The van der Waals surface area contributed by atoms with E-state index in [4.69, 9.17) is 11.6 Å². The molecule has 0 radical (unpaired) electrons. The number of nitrogens with zero attached hydrogens (tertiary/aromatic N) is 1. The second-order valence-electron chi connectivity index (χ2n) is 4.53. The van der Waals surface area contributed by atoms with Crippen LogP contribution in [0, 0.1) is 0 Å². The number of halogens is 1. The number of hydrogen-bond acceptors (Lipinski definition) is 2. The van der Waals surface area contributed by atoms with Crippen LogP contribution < -0.4 is 10.2 Å². The van der Waals surface area contributed by atoms with Crippen LogP contribution in [-0.2, 0) is 6.54 Å². The first-order valence-corrected chi connectivity index (χ1v) is 7.34. The molecule has 0 aliphatic rings. The van der Waals surface area contributed by atoms with Crippen molar-refractivity contribution < 1.29 is 0 Å². The standard InChI is InChI=1S/C15H25ClN2/c1-4-9-17-12-13-11-14(16)7-8-15(13)18(6-3)10-5-2/h7-8,11,17H,4-6,9-10,12H2,1-3H3. The maximum Gasteiger partial charge on any atom is 0.0412 e. The van der Waals surface area contributed by atoms with E-state index in [2.05, 4.69) is 43.1 Å². The summed E-state index contributed by atoms with van der Waals surface area (Å²) < 4.78 is 0. The van der Waals surface area contributed by atoms with Crippen LogP contribution in [0.5, 0.6) is 0 Å². The van der Waals surface area contributed by atoms with Gasteiger partial charge in [0.25, 0.3) is 0 Å². The molecule has 1 aromatic carbocycles. The Labute approximate surface area is 116 Å². The number of rotatable bonds is 8. The molecule has 1 N–H and O–H groups in total. The Morgan fingerprint density at radius 3 is 2.56 bits per heavy atom. The number of anilines is 1. The zero-order valence-corrected chi connectivity index (χ0v) is 12.6. The van der Waals surface area contributed by atoms with Gasteiger partial charge in [0.1, 0.15) is 0 Å². The summed E-state index contributed by atoms with van der Waals surface area (Å²) in [5.74, 6) is 0. The molecule has 102 valence electrons. The monoisotopic (exact) mass is 268 g/mol. The smallest absolute Gasteiger partial charge is 0.0412 e. The fourth-order valence-corrected chi connectivity index (χ4v) is 2.32. The zero-order chi connectivity index (χ0) is 13.4. The van der Waals surface area contributed by atoms with Gasteiger partial charge in [0.15, 0.2) is 0 Å². The van der Waals surface area contributed by atoms with Gasteiger partial charge in [0.05, 0.1) is 0 Å². The van der Waals surface area contributed by atoms with Crippen molar-refractivity contribution in [2.45, 2.75) is 40.2 Å². The quantitative estimate of drug-likeness (QED) is 0.715. The van der Waals surface area contributed by atoms with E-state index in [1.807, 2.05) is 6.07 Å². The van der Waals surface area contributed by atoms with Gasteiger partial charge >= 0.3 is 0 Å². The largest absolute Gasteiger partial charge is 0.372 e. The molecule has 0 heterocycles. The molecular formula is C15H25ClN2. The highest BCUT2D eigenvalue weighted by Gasteiger charge is 2.09. The van der Waals surface area contributed by atoms with Crippen LogP contribution in [0.1, 0.15) is 39.2 Å². The first-order valence-electron chi connectivity index (χ1n) is 6.97. The van der Waals surface area contributed by atoms with Gasteiger partial charge in [-0.3, -0.25) is 0 Å². The van der Waals surface area contributed by atoms with Gasteiger partial charge in [-0.1, -0.05) is 25.4 Å². The van der Waals surface area contributed by atoms with Crippen LogP contribution in [0.15, 0.2) is 18.2 Å². The van der Waals surface area contributed by atoms with Crippen molar-refractivity contribution >= 4 is 17.3 Å². The molecule has 0 spiro atoms. The van der Waals surface area contributed by atoms with Crippen molar-refractivity contribution in [1.82, 2.24) is 5.32 Å². The Hall–Kier alpha value is -0.730. The molecule has 0 fully saturated rings. The number of hydrogen-bond donors (Lipinski definition) is 1. The topological polar surface area (TPSA) is 15.3 Å². The molecule has 1 aromatic rings. The average molecular weight is 269 g/mol. The van der Waals surface area contributed by atoms with Gasteiger partial charge in [-0.15, -0.1) is 0 Å². The van der Waals surface area contributed by atoms with Crippen LogP contribution in [0.2, 0.25) is 5.02 Å². The summed E-state index contributed by atoms with van der Waals surface area (Å²) in [7, 11) is 0. The van der Waals surface area contributed by atoms with Gasteiger partial charge in [-0.2, -0.15) is 0 Å². The molecule has 0 unspecified atom stereocenters. The van der Waals surface area contributed by atoms with E-state index in [1.54, 1.807) is 0 Å². The Kier molecular flexibility index (Phi) is 7.14. The highest BCUT2D eigenvalue weighted by atomic mass is 35.5. The molecule has 18 heavy (non-hydrogen) atoms. The van der Waals surface area contributed by atoms with E-state index in [1.165, 1.54) is 11.3 Å². The molecule has 0 aliphatic heterocycles. The van der Waals surface area contributed by atoms with Crippen LogP contribution >= 0.6 is 11.6 Å². The zero-order valence-electron chi connectivity index (χ0n) is 11.8. The summed E-state index contributed by atoms with van der Waals surface area (Å²) in [5, 5.41) is 4.27. The first-order chi connectivity index (χ1) is 8.72. The van der Waals surface area contributed by atoms with E-state index in [0.29, 0.717) is 0 Å². The molecule has 0 atom stereocenters. The lowest BCUT2D eigenvalue weighted by Gasteiger charge is -2.25. The third kappa shape index (κ3) is 4.51. The van der Waals surface area contributed by atoms with Crippen molar-refractivity contribution in [2.24, 2.45) is 0 Å². The summed E-state index contributed by atoms with van der Waals surface area (Å²) in [6.45, 7) is 10.7. The molecule has 0 bridgehead atoms. The molecule has 0 saturated carbocycles. The van der Waals surface area contributed by atoms with E-state index >= 15 is 0 Å². The molecule has 1 rings (SSSR count). The van der Waals surface area contributed by atoms with Gasteiger partial charge < -0.3 is 10.2 Å². The van der Waals surface area contributed by atoms with Crippen molar-refractivity contribution in [3.63, 3.8) is 0 Å². The molecule has 0 aromatic heterocycles. The molecule has 0 saturated heterocycles. The Bertz CT molecular complexity index is 352. The molecular weight excluding hydrogens is 244 g/mol. The predicted molar refractivity (Wildman–Crippen MR) is 81.6 cm³/mol. The van der Waals surface area contributed by atoms with Crippen LogP contribution in [0.3, 0.4) is 0 Å². The second-order valence-corrected chi connectivity index (χ2v) is 4.97. The van der Waals surface area contributed by atoms with E-state index < -0.39 is 0 Å². The summed E-state index contributed by atoms with van der Waals surface area (Å²) in [6, 6.07) is 6.21. The lowest BCUT2D eigenvalue weighted by molar-refractivity contribution is 0.671. The minimum absolute atomic E-state index is 0.819. The maximum atomic E-state index is 6.11. The first kappa shape index (κ1) is 15.3. The highest BCUT2D eigenvalue weighted by molar-refractivity contribution is 6.30. The van der Waals surface area contributed by atoms with E-state index in [0.717, 1.165) is 44.0 Å². The highest BCUT2D eigenvalue weighted by Crippen LogP contribution is 2.24. The van der Waals surface area contributed by atoms with Crippen LogP contribution in [0.4, 0.5) is 5.69 Å². The van der Waals surface area contributed by atoms with Crippen molar-refractivity contribution in [3.05, 3.63) is 28.8 Å². The van der Waals surface area contributed by atoms with Crippen molar-refractivity contribution in [2.75, 3.05) is 24.5 Å². The normalized spacial score (nSPS) is 10.7. The van der Waals surface area contributed by atoms with Crippen LogP contribution in [-0.4, -0.2) is 19.6 Å². The fourth-order valence-electron chi connectivity index (χ4n) is 2.12. The summed E-state index contributed by atoms with van der Waals surface area (Å²) >= 11 is 6.11. The fraction of sp³-hybridized carbons (Fsp3) is 0.600. The van der Waals surface area contributed by atoms with Gasteiger partial charge in [-0.25, -0.2) is 0 Å². The average Bonchev–Trinajstić information content (AvgIpc) is 2.37. The lowest BCUT2D eigenvalue weighted by Crippen LogP contribution is -2.26. The van der Waals surface area contributed by atoms with E-state index in [9.17, 15) is 0 Å². The summed E-state index contributed by atoms with van der Waals surface area (Å²) in [4.78, 5) is 2.42. The van der Waals surface area contributed by atoms with E-state index in [-0.39, 0.29) is 0 Å². The predicted octanol–water partition coefficient (Wildman–Crippen LogP) is 4.08. The lowest BCUT2D eigenvalue weighted by atomic mass is 10.1. The van der Waals surface area contributed by atoms with Gasteiger partial charge in [0, 0.05) is 30.3 Å². The van der Waals surface area contributed by atoms with Crippen LogP contribution in [0.25, 0.3) is 0 Å². The second kappa shape index (κ2) is 8.39. The minimum atomic E-state index is 0.819. The molecule has 3 heteroatoms. The molecule has 0 aliphatic carbocycles. The third-order valence-electron chi connectivity index (χ3n) is 3.00. The Balaban J connectivity index is 2.86. The minimum Gasteiger partial charge on any atom is -0.372 e. The Morgan fingerprint density at radius 2 is 1.94 bits per heavy atom. The SMILES string of the molecule is CCCNCc1cc(Cl)ccc1N(CC)CCC. The molecule has 0 amide bonds.